The first-order chi connectivity index (χ1) is 10.1. The molecule has 0 bridgehead atoms. The minimum Gasteiger partial charge on any atom is -0.379 e. The predicted molar refractivity (Wildman–Crippen MR) is 105 cm³/mol. The third kappa shape index (κ3) is 10.00. The average molecular weight is 419 g/mol. The number of ether oxygens (including phenoxy) is 1. The van der Waals surface area contributed by atoms with Crippen molar-refractivity contribution in [1.82, 2.24) is 10.2 Å². The molecule has 1 rings (SSSR count). The molecule has 0 aromatic heterocycles. The molecule has 0 atom stereocenters. The zero-order chi connectivity index (χ0) is 15.5. The van der Waals surface area contributed by atoms with Crippen LogP contribution in [0.15, 0.2) is 35.3 Å². The molecule has 1 N–H and O–H groups in total. The maximum atomic E-state index is 5.53. The van der Waals surface area contributed by atoms with Gasteiger partial charge in [0.25, 0.3) is 0 Å². The molecule has 0 aliphatic heterocycles. The van der Waals surface area contributed by atoms with E-state index in [0.717, 1.165) is 32.0 Å². The second kappa shape index (κ2) is 12.7. The van der Waals surface area contributed by atoms with Crippen molar-refractivity contribution in [3.63, 3.8) is 0 Å². The third-order valence-corrected chi connectivity index (χ3v) is 2.98. The molecule has 0 aliphatic carbocycles. The predicted octanol–water partition coefficient (Wildman–Crippen LogP) is 3.52. The maximum absolute atomic E-state index is 5.53. The van der Waals surface area contributed by atoms with Crippen molar-refractivity contribution in [3.8, 4) is 0 Å². The van der Waals surface area contributed by atoms with Crippen LogP contribution in [0.1, 0.15) is 32.3 Å². The summed E-state index contributed by atoms with van der Waals surface area (Å²) < 4.78 is 5.53. The lowest BCUT2D eigenvalue weighted by molar-refractivity contribution is 0.0762. The largest absolute Gasteiger partial charge is 0.379 e. The van der Waals surface area contributed by atoms with E-state index in [2.05, 4.69) is 36.3 Å². The molecule has 0 fully saturated rings. The summed E-state index contributed by atoms with van der Waals surface area (Å²) in [7, 11) is 4.03. The fraction of sp³-hybridized carbons (Fsp3) is 0.588. The summed E-state index contributed by atoms with van der Waals surface area (Å²) in [6.45, 7) is 6.60. The van der Waals surface area contributed by atoms with E-state index >= 15 is 0 Å². The van der Waals surface area contributed by atoms with Crippen molar-refractivity contribution >= 4 is 29.9 Å². The van der Waals surface area contributed by atoms with Gasteiger partial charge in [-0.2, -0.15) is 0 Å². The van der Waals surface area contributed by atoms with Crippen molar-refractivity contribution in [3.05, 3.63) is 35.9 Å². The Morgan fingerprint density at radius 2 is 1.86 bits per heavy atom. The fourth-order valence-electron chi connectivity index (χ4n) is 1.85. The Balaban J connectivity index is 0.00000441. The Morgan fingerprint density at radius 1 is 1.18 bits per heavy atom. The van der Waals surface area contributed by atoms with Gasteiger partial charge < -0.3 is 15.0 Å². The van der Waals surface area contributed by atoms with E-state index in [0.29, 0.717) is 12.6 Å². The second-order valence-corrected chi connectivity index (χ2v) is 5.57. The van der Waals surface area contributed by atoms with E-state index < -0.39 is 0 Å². The first kappa shape index (κ1) is 21.2. The molecule has 0 saturated heterocycles. The minimum atomic E-state index is 0. The smallest absolute Gasteiger partial charge is 0.193 e. The number of hydrogen-bond acceptors (Lipinski definition) is 2. The van der Waals surface area contributed by atoms with E-state index in [1.807, 2.05) is 37.2 Å². The summed E-state index contributed by atoms with van der Waals surface area (Å²) in [5.74, 6) is 0.934. The van der Waals surface area contributed by atoms with Crippen LogP contribution >= 0.6 is 24.0 Å². The van der Waals surface area contributed by atoms with Crippen LogP contribution in [-0.2, 0) is 11.3 Å². The van der Waals surface area contributed by atoms with E-state index in [9.17, 15) is 0 Å². The molecule has 126 valence electrons. The normalized spacial score (nSPS) is 11.2. The Hall–Kier alpha value is -0.820. The molecule has 0 spiro atoms. The van der Waals surface area contributed by atoms with Gasteiger partial charge in [0.05, 0.1) is 12.6 Å². The zero-order valence-electron chi connectivity index (χ0n) is 14.2. The minimum absolute atomic E-state index is 0. The van der Waals surface area contributed by atoms with Gasteiger partial charge in [0.15, 0.2) is 5.96 Å². The summed E-state index contributed by atoms with van der Waals surface area (Å²) in [6, 6.07) is 10.3. The number of halogens is 1. The molecule has 4 nitrogen and oxygen atoms in total. The second-order valence-electron chi connectivity index (χ2n) is 5.57. The Labute approximate surface area is 152 Å². The summed E-state index contributed by atoms with van der Waals surface area (Å²) >= 11 is 0. The van der Waals surface area contributed by atoms with Gasteiger partial charge in [-0.3, -0.25) is 0 Å². The molecule has 1 aromatic carbocycles. The molecule has 0 aliphatic rings. The van der Waals surface area contributed by atoms with Gasteiger partial charge in [-0.25, -0.2) is 4.99 Å². The van der Waals surface area contributed by atoms with Crippen LogP contribution in [-0.4, -0.2) is 44.2 Å². The monoisotopic (exact) mass is 419 g/mol. The fourth-order valence-corrected chi connectivity index (χ4v) is 1.85. The number of aliphatic imine (C=N–C) groups is 1. The molecule has 1 aromatic rings. The van der Waals surface area contributed by atoms with Crippen LogP contribution in [0.5, 0.6) is 0 Å². The zero-order valence-corrected chi connectivity index (χ0v) is 16.5. The molecular weight excluding hydrogens is 389 g/mol. The van der Waals surface area contributed by atoms with E-state index in [4.69, 9.17) is 4.74 Å². The first-order valence-electron chi connectivity index (χ1n) is 7.70. The maximum Gasteiger partial charge on any atom is 0.193 e. The lowest BCUT2D eigenvalue weighted by atomic mass is 10.2. The highest BCUT2D eigenvalue weighted by molar-refractivity contribution is 14.0. The molecule has 0 heterocycles. The van der Waals surface area contributed by atoms with Crippen molar-refractivity contribution < 1.29 is 4.74 Å². The van der Waals surface area contributed by atoms with Gasteiger partial charge in [-0.1, -0.05) is 30.3 Å². The summed E-state index contributed by atoms with van der Waals surface area (Å²) in [5.41, 5.74) is 1.23. The Kier molecular flexibility index (Phi) is 12.2. The number of nitrogens with zero attached hydrogens (tertiary/aromatic N) is 2. The molecule has 0 unspecified atom stereocenters. The molecule has 0 saturated carbocycles. The molecule has 0 radical (unpaired) electrons. The van der Waals surface area contributed by atoms with Gasteiger partial charge in [-0.05, 0) is 32.3 Å². The van der Waals surface area contributed by atoms with Crippen LogP contribution in [0.2, 0.25) is 0 Å². The van der Waals surface area contributed by atoms with E-state index in [-0.39, 0.29) is 24.0 Å². The van der Waals surface area contributed by atoms with Gasteiger partial charge >= 0.3 is 0 Å². The molecule has 5 heteroatoms. The van der Waals surface area contributed by atoms with Gasteiger partial charge in [-0.15, -0.1) is 24.0 Å². The van der Waals surface area contributed by atoms with E-state index in [1.54, 1.807) is 0 Å². The number of hydrogen-bond donors (Lipinski definition) is 1. The van der Waals surface area contributed by atoms with Crippen LogP contribution in [0.3, 0.4) is 0 Å². The lowest BCUT2D eigenvalue weighted by Crippen LogP contribution is -2.37. The number of nitrogens with one attached hydrogen (secondary N) is 1. The Morgan fingerprint density at radius 3 is 2.45 bits per heavy atom. The van der Waals surface area contributed by atoms with Gasteiger partial charge in [0.2, 0.25) is 0 Å². The van der Waals surface area contributed by atoms with Crippen LogP contribution in [0.4, 0.5) is 0 Å². The number of benzene rings is 1. The average Bonchev–Trinajstić information content (AvgIpc) is 2.46. The number of unbranched alkanes of at least 4 members (excludes halogenated alkanes) is 1. The quantitative estimate of drug-likeness (QED) is 0.303. The molecule has 22 heavy (non-hydrogen) atoms. The third-order valence-electron chi connectivity index (χ3n) is 2.98. The summed E-state index contributed by atoms with van der Waals surface area (Å²) in [4.78, 5) is 6.66. The number of rotatable bonds is 8. The van der Waals surface area contributed by atoms with Crippen molar-refractivity contribution in [2.75, 3.05) is 27.2 Å². The highest BCUT2D eigenvalue weighted by Crippen LogP contribution is 2.01. The van der Waals surface area contributed by atoms with Crippen molar-refractivity contribution in [2.45, 2.75) is 39.3 Å². The first-order valence-corrected chi connectivity index (χ1v) is 7.70. The highest BCUT2D eigenvalue weighted by atomic mass is 127. The highest BCUT2D eigenvalue weighted by Gasteiger charge is 2.01. The Bertz CT molecular complexity index is 408. The molecule has 0 amide bonds. The van der Waals surface area contributed by atoms with Gasteiger partial charge in [0, 0.05) is 27.2 Å². The van der Waals surface area contributed by atoms with Crippen LogP contribution in [0.25, 0.3) is 0 Å². The SMILES string of the molecule is CC(C)OCCCCNC(=NCc1ccccc1)N(C)C.I. The standard InChI is InChI=1S/C17H29N3O.HI/c1-15(2)21-13-9-8-12-18-17(20(3)4)19-14-16-10-6-5-7-11-16;/h5-7,10-11,15H,8-9,12-14H2,1-4H3,(H,18,19);1H. The van der Waals surface area contributed by atoms with Crippen LogP contribution in [0, 0.1) is 0 Å². The van der Waals surface area contributed by atoms with E-state index in [1.165, 1.54) is 5.56 Å². The lowest BCUT2D eigenvalue weighted by Gasteiger charge is -2.17. The number of guanidine groups is 1. The van der Waals surface area contributed by atoms with Crippen molar-refractivity contribution in [1.29, 1.82) is 0 Å². The summed E-state index contributed by atoms with van der Waals surface area (Å²) in [6.07, 6.45) is 2.48. The topological polar surface area (TPSA) is 36.9 Å². The van der Waals surface area contributed by atoms with Gasteiger partial charge in [0.1, 0.15) is 0 Å². The van der Waals surface area contributed by atoms with Crippen LogP contribution < -0.4 is 5.32 Å². The van der Waals surface area contributed by atoms with Crippen molar-refractivity contribution in [2.24, 2.45) is 4.99 Å². The summed E-state index contributed by atoms with van der Waals surface area (Å²) in [5, 5.41) is 3.40. The molecular formula is C17H30IN3O.